The molecule has 4 N–H and O–H groups in total. The highest BCUT2D eigenvalue weighted by Crippen LogP contribution is 2.38. The van der Waals surface area contributed by atoms with Crippen molar-refractivity contribution in [1.29, 1.82) is 0 Å². The number of aliphatic hydroxyl groups excluding tert-OH is 3. The summed E-state index contributed by atoms with van der Waals surface area (Å²) in [7, 11) is 0. The number of rotatable bonds is 8. The summed E-state index contributed by atoms with van der Waals surface area (Å²) in [6.07, 6.45) is 2.45. The van der Waals surface area contributed by atoms with Crippen molar-refractivity contribution in [1.82, 2.24) is 0 Å². The Hall–Kier alpha value is -0.160. The topological polar surface area (TPSA) is 80.9 Å². The Bertz CT molecular complexity index is 152. The minimum absolute atomic E-state index is 0.406. The second-order valence-corrected chi connectivity index (χ2v) is 4.29. The first-order chi connectivity index (χ1) is 7.05. The molecule has 4 heteroatoms. The van der Waals surface area contributed by atoms with Crippen LogP contribution in [0.4, 0.5) is 0 Å². The maximum atomic E-state index is 10.4. The zero-order chi connectivity index (χ0) is 11.9. The second kappa shape index (κ2) is 6.43. The molecule has 0 fully saturated rings. The lowest BCUT2D eigenvalue weighted by Gasteiger charge is -2.44. The highest BCUT2D eigenvalue weighted by Gasteiger charge is 2.48. The van der Waals surface area contributed by atoms with E-state index in [1.54, 1.807) is 0 Å². The zero-order valence-electron chi connectivity index (χ0n) is 9.74. The molecule has 92 valence electrons. The van der Waals surface area contributed by atoms with Crippen molar-refractivity contribution in [2.45, 2.75) is 45.1 Å². The van der Waals surface area contributed by atoms with Gasteiger partial charge in [-0.3, -0.25) is 0 Å². The maximum Gasteiger partial charge on any atom is 0.0769 e. The van der Waals surface area contributed by atoms with Gasteiger partial charge in [0.2, 0.25) is 0 Å². The van der Waals surface area contributed by atoms with E-state index in [1.165, 1.54) is 0 Å². The van der Waals surface area contributed by atoms with Gasteiger partial charge in [-0.05, 0) is 12.8 Å². The van der Waals surface area contributed by atoms with Crippen LogP contribution < -0.4 is 0 Å². The molecule has 0 amide bonds. The normalized spacial score (nSPS) is 13.2. The molecule has 0 radical (unpaired) electrons. The molecule has 0 unspecified atom stereocenters. The lowest BCUT2D eigenvalue weighted by atomic mass is 9.68. The van der Waals surface area contributed by atoms with Gasteiger partial charge in [0.05, 0.1) is 30.8 Å². The molecule has 0 bridgehead atoms. The molecule has 0 aliphatic rings. The highest BCUT2D eigenvalue weighted by molar-refractivity contribution is 4.97. The van der Waals surface area contributed by atoms with Crippen LogP contribution in [0, 0.1) is 5.41 Å². The van der Waals surface area contributed by atoms with Gasteiger partial charge in [0.25, 0.3) is 0 Å². The molecule has 15 heavy (non-hydrogen) atoms. The molecular weight excluding hydrogens is 196 g/mol. The van der Waals surface area contributed by atoms with Crippen LogP contribution in [0.5, 0.6) is 0 Å². The summed E-state index contributed by atoms with van der Waals surface area (Å²) in [6, 6.07) is 0. The smallest absolute Gasteiger partial charge is 0.0769 e. The van der Waals surface area contributed by atoms with Crippen LogP contribution in [-0.2, 0) is 0 Å². The van der Waals surface area contributed by atoms with Crippen LogP contribution in [-0.4, -0.2) is 45.8 Å². The standard InChI is InChI=1S/C11H24O4/c1-3-5-11(15,6-4-2)10(7-12,8-13)9-14/h12-15H,3-9H2,1-2H3. The van der Waals surface area contributed by atoms with Crippen LogP contribution in [0.1, 0.15) is 39.5 Å². The third-order valence-corrected chi connectivity index (χ3v) is 3.22. The predicted octanol–water partition coefficient (Wildman–Crippen LogP) is 0.281. The SMILES string of the molecule is CCCC(O)(CCC)C(CO)(CO)CO. The first-order valence-electron chi connectivity index (χ1n) is 5.60. The van der Waals surface area contributed by atoms with E-state index in [-0.39, 0.29) is 0 Å². The van der Waals surface area contributed by atoms with E-state index in [9.17, 15) is 20.4 Å². The van der Waals surface area contributed by atoms with Gasteiger partial charge in [-0.25, -0.2) is 0 Å². The largest absolute Gasteiger partial charge is 0.395 e. The summed E-state index contributed by atoms with van der Waals surface area (Å²) in [5, 5.41) is 38.3. The molecule has 0 aromatic carbocycles. The van der Waals surface area contributed by atoms with Gasteiger partial charge in [0.1, 0.15) is 0 Å². The first kappa shape index (κ1) is 14.8. The third-order valence-electron chi connectivity index (χ3n) is 3.22. The van der Waals surface area contributed by atoms with Gasteiger partial charge in [0.15, 0.2) is 0 Å². The average molecular weight is 220 g/mol. The van der Waals surface area contributed by atoms with Crippen molar-refractivity contribution >= 4 is 0 Å². The predicted molar refractivity (Wildman–Crippen MR) is 58.5 cm³/mol. The van der Waals surface area contributed by atoms with Gasteiger partial charge in [-0.15, -0.1) is 0 Å². The van der Waals surface area contributed by atoms with E-state index >= 15 is 0 Å². The van der Waals surface area contributed by atoms with Crippen molar-refractivity contribution in [3.05, 3.63) is 0 Å². The molecule has 0 aliphatic carbocycles. The number of aliphatic hydroxyl groups is 4. The van der Waals surface area contributed by atoms with Crippen molar-refractivity contribution in [3.8, 4) is 0 Å². The maximum absolute atomic E-state index is 10.4. The molecule has 0 heterocycles. The Kier molecular flexibility index (Phi) is 6.36. The Balaban J connectivity index is 4.97. The van der Waals surface area contributed by atoms with Crippen LogP contribution in [0.2, 0.25) is 0 Å². The van der Waals surface area contributed by atoms with Crippen LogP contribution in [0.25, 0.3) is 0 Å². The minimum Gasteiger partial charge on any atom is -0.395 e. The third kappa shape index (κ3) is 2.91. The molecule has 0 aromatic heterocycles. The summed E-state index contributed by atoms with van der Waals surface area (Å²) in [4.78, 5) is 0. The fourth-order valence-electron chi connectivity index (χ4n) is 2.07. The molecule has 0 saturated heterocycles. The van der Waals surface area contributed by atoms with E-state index in [2.05, 4.69) is 0 Å². The van der Waals surface area contributed by atoms with E-state index in [0.717, 1.165) is 12.8 Å². The van der Waals surface area contributed by atoms with Gasteiger partial charge in [-0.2, -0.15) is 0 Å². The van der Waals surface area contributed by atoms with Crippen molar-refractivity contribution in [3.63, 3.8) is 0 Å². The van der Waals surface area contributed by atoms with Gasteiger partial charge < -0.3 is 20.4 Å². The molecule has 0 rings (SSSR count). The summed E-state index contributed by atoms with van der Waals surface area (Å²) in [5.74, 6) is 0. The fraction of sp³-hybridized carbons (Fsp3) is 1.00. The quantitative estimate of drug-likeness (QED) is 0.474. The van der Waals surface area contributed by atoms with Crippen molar-refractivity contribution in [2.24, 2.45) is 5.41 Å². The van der Waals surface area contributed by atoms with Gasteiger partial charge >= 0.3 is 0 Å². The molecule has 4 nitrogen and oxygen atoms in total. The molecule has 0 aliphatic heterocycles. The minimum atomic E-state index is -1.20. The Morgan fingerprint density at radius 1 is 0.800 bits per heavy atom. The monoisotopic (exact) mass is 220 g/mol. The Morgan fingerprint density at radius 3 is 1.33 bits per heavy atom. The molecule has 0 aromatic rings. The summed E-state index contributed by atoms with van der Waals surface area (Å²) >= 11 is 0. The summed E-state index contributed by atoms with van der Waals surface area (Å²) in [5.41, 5.74) is -2.38. The van der Waals surface area contributed by atoms with Crippen LogP contribution >= 0.6 is 0 Å². The number of hydrogen-bond donors (Lipinski definition) is 4. The van der Waals surface area contributed by atoms with E-state index in [4.69, 9.17) is 0 Å². The lowest BCUT2D eigenvalue weighted by Crippen LogP contribution is -2.55. The Labute approximate surface area is 91.6 Å². The van der Waals surface area contributed by atoms with E-state index < -0.39 is 30.8 Å². The highest BCUT2D eigenvalue weighted by atomic mass is 16.3. The zero-order valence-corrected chi connectivity index (χ0v) is 9.74. The molecular formula is C11H24O4. The summed E-state index contributed by atoms with van der Waals surface area (Å²) < 4.78 is 0. The Morgan fingerprint density at radius 2 is 1.13 bits per heavy atom. The molecule has 0 saturated carbocycles. The molecule has 0 atom stereocenters. The van der Waals surface area contributed by atoms with Gasteiger partial charge in [-0.1, -0.05) is 26.7 Å². The van der Waals surface area contributed by atoms with E-state index in [1.807, 2.05) is 13.8 Å². The van der Waals surface area contributed by atoms with Gasteiger partial charge in [0, 0.05) is 0 Å². The van der Waals surface area contributed by atoms with E-state index in [0.29, 0.717) is 12.8 Å². The number of hydrogen-bond acceptors (Lipinski definition) is 4. The average Bonchev–Trinajstić information content (AvgIpc) is 2.21. The first-order valence-corrected chi connectivity index (χ1v) is 5.60. The second-order valence-electron chi connectivity index (χ2n) is 4.29. The van der Waals surface area contributed by atoms with Crippen LogP contribution in [0.15, 0.2) is 0 Å². The van der Waals surface area contributed by atoms with Crippen LogP contribution in [0.3, 0.4) is 0 Å². The lowest BCUT2D eigenvalue weighted by molar-refractivity contribution is -0.161. The van der Waals surface area contributed by atoms with Crippen molar-refractivity contribution < 1.29 is 20.4 Å². The molecule has 0 spiro atoms. The summed E-state index contributed by atoms with van der Waals surface area (Å²) in [6.45, 7) is 2.64. The fourth-order valence-corrected chi connectivity index (χ4v) is 2.07. The van der Waals surface area contributed by atoms with Crippen molar-refractivity contribution in [2.75, 3.05) is 19.8 Å².